The molecule has 0 saturated carbocycles. The Morgan fingerprint density at radius 1 is 1.17 bits per heavy atom. The molecule has 7 heteroatoms. The van der Waals surface area contributed by atoms with Gasteiger partial charge in [0.15, 0.2) is 0 Å². The maximum Gasteiger partial charge on any atom is 0.335 e. The van der Waals surface area contributed by atoms with Crippen LogP contribution in [-0.2, 0) is 16.4 Å². The van der Waals surface area contributed by atoms with E-state index < -0.39 is 16.0 Å². The van der Waals surface area contributed by atoms with Gasteiger partial charge in [-0.2, -0.15) is 0 Å². The van der Waals surface area contributed by atoms with Gasteiger partial charge in [-0.05, 0) is 49.2 Å². The Hall–Kier alpha value is -2.38. The minimum atomic E-state index is -3.69. The molecule has 0 aliphatic carbocycles. The average Bonchev–Trinajstić information content (AvgIpc) is 2.55. The van der Waals surface area contributed by atoms with Crippen molar-refractivity contribution in [1.29, 1.82) is 0 Å². The van der Waals surface area contributed by atoms with Crippen LogP contribution in [0.15, 0.2) is 47.4 Å². The van der Waals surface area contributed by atoms with Gasteiger partial charge in [-0.3, -0.25) is 0 Å². The molecule has 0 aliphatic rings. The topological polar surface area (TPSA) is 92.7 Å². The predicted molar refractivity (Wildman–Crippen MR) is 90.0 cm³/mol. The second kappa shape index (κ2) is 7.46. The molecule has 2 aromatic carbocycles. The fourth-order valence-corrected chi connectivity index (χ4v) is 3.31. The van der Waals surface area contributed by atoms with E-state index in [1.165, 1.54) is 24.3 Å². The first-order chi connectivity index (χ1) is 11.3. The van der Waals surface area contributed by atoms with E-state index in [1.54, 1.807) is 7.11 Å². The molecule has 24 heavy (non-hydrogen) atoms. The van der Waals surface area contributed by atoms with E-state index in [0.717, 1.165) is 11.1 Å². The number of sulfonamides is 1. The normalized spacial score (nSPS) is 11.2. The molecule has 0 fully saturated rings. The van der Waals surface area contributed by atoms with Gasteiger partial charge < -0.3 is 9.84 Å². The van der Waals surface area contributed by atoms with Crippen LogP contribution in [0, 0.1) is 6.92 Å². The summed E-state index contributed by atoms with van der Waals surface area (Å²) < 4.78 is 32.3. The molecule has 0 atom stereocenters. The van der Waals surface area contributed by atoms with Gasteiger partial charge in [-0.15, -0.1) is 0 Å². The first kappa shape index (κ1) is 18.0. The molecule has 0 unspecified atom stereocenters. The number of carbonyl (C=O) groups is 1. The Bertz CT molecular complexity index is 829. The third-order valence-corrected chi connectivity index (χ3v) is 5.01. The Labute approximate surface area is 141 Å². The van der Waals surface area contributed by atoms with Crippen molar-refractivity contribution < 1.29 is 23.1 Å². The Balaban J connectivity index is 2.05. The molecule has 0 aromatic heterocycles. The number of methoxy groups -OCH3 is 1. The van der Waals surface area contributed by atoms with Crippen molar-refractivity contribution in [3.8, 4) is 5.75 Å². The molecule has 2 N–H and O–H groups in total. The van der Waals surface area contributed by atoms with E-state index >= 15 is 0 Å². The lowest BCUT2D eigenvalue weighted by molar-refractivity contribution is 0.0696. The molecular weight excluding hydrogens is 330 g/mol. The van der Waals surface area contributed by atoms with E-state index in [2.05, 4.69) is 4.72 Å². The number of carboxylic acids is 1. The maximum absolute atomic E-state index is 12.2. The number of hydrogen-bond donors (Lipinski definition) is 2. The van der Waals surface area contributed by atoms with Crippen LogP contribution in [0.4, 0.5) is 0 Å². The second-order valence-corrected chi connectivity index (χ2v) is 7.06. The van der Waals surface area contributed by atoms with Crippen LogP contribution in [0.1, 0.15) is 21.5 Å². The molecule has 0 bridgehead atoms. The van der Waals surface area contributed by atoms with Gasteiger partial charge in [-0.25, -0.2) is 17.9 Å². The van der Waals surface area contributed by atoms with Crippen molar-refractivity contribution in [1.82, 2.24) is 4.72 Å². The van der Waals surface area contributed by atoms with Gasteiger partial charge in [0, 0.05) is 6.54 Å². The molecule has 0 amide bonds. The summed E-state index contributed by atoms with van der Waals surface area (Å²) in [5, 5.41) is 8.84. The Morgan fingerprint density at radius 2 is 1.83 bits per heavy atom. The van der Waals surface area contributed by atoms with Gasteiger partial charge in [0.05, 0.1) is 17.6 Å². The highest BCUT2D eigenvalue weighted by Gasteiger charge is 2.15. The van der Waals surface area contributed by atoms with Gasteiger partial charge in [-0.1, -0.05) is 17.7 Å². The maximum atomic E-state index is 12.2. The Morgan fingerprint density at radius 3 is 2.42 bits per heavy atom. The molecule has 6 nitrogen and oxygen atoms in total. The number of nitrogens with one attached hydrogen (secondary N) is 1. The van der Waals surface area contributed by atoms with Crippen molar-refractivity contribution >= 4 is 16.0 Å². The quantitative estimate of drug-likeness (QED) is 0.799. The van der Waals surface area contributed by atoms with Gasteiger partial charge in [0.25, 0.3) is 0 Å². The molecule has 2 aromatic rings. The molecule has 0 saturated heterocycles. The summed E-state index contributed by atoms with van der Waals surface area (Å²) in [6.45, 7) is 2.17. The summed E-state index contributed by atoms with van der Waals surface area (Å²) in [7, 11) is -2.11. The third kappa shape index (κ3) is 4.33. The zero-order valence-corrected chi connectivity index (χ0v) is 14.3. The lowest BCUT2D eigenvalue weighted by Crippen LogP contribution is -2.26. The SMILES string of the molecule is COc1ccc(C)cc1CCNS(=O)(=O)c1ccc(C(=O)O)cc1. The lowest BCUT2D eigenvalue weighted by Gasteiger charge is -2.11. The summed E-state index contributed by atoms with van der Waals surface area (Å²) in [5.74, 6) is -0.385. The van der Waals surface area contributed by atoms with Crippen molar-refractivity contribution in [3.63, 3.8) is 0 Å². The summed E-state index contributed by atoms with van der Waals surface area (Å²) in [5.41, 5.74) is 2.03. The average molecular weight is 349 g/mol. The molecule has 2 rings (SSSR count). The van der Waals surface area contributed by atoms with Crippen LogP contribution >= 0.6 is 0 Å². The number of benzene rings is 2. The number of hydrogen-bond acceptors (Lipinski definition) is 4. The highest BCUT2D eigenvalue weighted by molar-refractivity contribution is 7.89. The zero-order valence-electron chi connectivity index (χ0n) is 13.4. The number of carboxylic acid groups (broad SMARTS) is 1. The van der Waals surface area contributed by atoms with Crippen LogP contribution in [0.3, 0.4) is 0 Å². The van der Waals surface area contributed by atoms with E-state index in [1.807, 2.05) is 25.1 Å². The van der Waals surface area contributed by atoms with E-state index in [0.29, 0.717) is 12.2 Å². The molecule has 128 valence electrons. The molecular formula is C17H19NO5S. The molecule has 0 radical (unpaired) electrons. The minimum absolute atomic E-state index is 0.0312. The second-order valence-electron chi connectivity index (χ2n) is 5.29. The summed E-state index contributed by atoms with van der Waals surface area (Å²) >= 11 is 0. The zero-order chi connectivity index (χ0) is 17.7. The van der Waals surface area contributed by atoms with Crippen molar-refractivity contribution in [2.75, 3.05) is 13.7 Å². The van der Waals surface area contributed by atoms with E-state index in [4.69, 9.17) is 9.84 Å². The smallest absolute Gasteiger partial charge is 0.335 e. The summed E-state index contributed by atoms with van der Waals surface area (Å²) in [6.07, 6.45) is 0.483. The third-order valence-electron chi connectivity index (χ3n) is 3.53. The number of aryl methyl sites for hydroxylation is 1. The molecule has 0 spiro atoms. The van der Waals surface area contributed by atoms with Crippen LogP contribution in [-0.4, -0.2) is 33.1 Å². The van der Waals surface area contributed by atoms with Gasteiger partial charge >= 0.3 is 5.97 Å². The fourth-order valence-electron chi connectivity index (χ4n) is 2.28. The van der Waals surface area contributed by atoms with Crippen LogP contribution in [0.2, 0.25) is 0 Å². The standard InChI is InChI=1S/C17H19NO5S/c1-12-3-8-16(23-2)14(11-12)9-10-18-24(21,22)15-6-4-13(5-7-15)17(19)20/h3-8,11,18H,9-10H2,1-2H3,(H,19,20). The largest absolute Gasteiger partial charge is 0.496 e. The van der Waals surface area contributed by atoms with Crippen LogP contribution in [0.25, 0.3) is 0 Å². The number of aromatic carboxylic acids is 1. The number of rotatable bonds is 7. The fraction of sp³-hybridized carbons (Fsp3) is 0.235. The summed E-state index contributed by atoms with van der Waals surface area (Å²) in [4.78, 5) is 10.8. The van der Waals surface area contributed by atoms with E-state index in [-0.39, 0.29) is 17.0 Å². The van der Waals surface area contributed by atoms with Crippen LogP contribution < -0.4 is 9.46 Å². The molecule has 0 heterocycles. The van der Waals surface area contributed by atoms with Gasteiger partial charge in [0.1, 0.15) is 5.75 Å². The highest BCUT2D eigenvalue weighted by Crippen LogP contribution is 2.20. The van der Waals surface area contributed by atoms with Crippen molar-refractivity contribution in [2.45, 2.75) is 18.2 Å². The molecule has 0 aliphatic heterocycles. The lowest BCUT2D eigenvalue weighted by atomic mass is 10.1. The predicted octanol–water partition coefficient (Wildman–Crippen LogP) is 2.22. The summed E-state index contributed by atoms with van der Waals surface area (Å²) in [6, 6.07) is 10.8. The monoisotopic (exact) mass is 349 g/mol. The van der Waals surface area contributed by atoms with Crippen molar-refractivity contribution in [3.05, 3.63) is 59.2 Å². The first-order valence-corrected chi connectivity index (χ1v) is 8.78. The minimum Gasteiger partial charge on any atom is -0.496 e. The van der Waals surface area contributed by atoms with Crippen molar-refractivity contribution in [2.24, 2.45) is 0 Å². The first-order valence-electron chi connectivity index (χ1n) is 7.30. The highest BCUT2D eigenvalue weighted by atomic mass is 32.2. The Kier molecular flexibility index (Phi) is 5.58. The number of ether oxygens (including phenoxy) is 1. The van der Waals surface area contributed by atoms with Gasteiger partial charge in [0.2, 0.25) is 10.0 Å². The van der Waals surface area contributed by atoms with E-state index in [9.17, 15) is 13.2 Å². The van der Waals surface area contributed by atoms with Crippen LogP contribution in [0.5, 0.6) is 5.75 Å².